The van der Waals surface area contributed by atoms with E-state index in [4.69, 9.17) is 37.7 Å². The molecule has 1 spiro atoms. The molecule has 1 aliphatic carbocycles. The maximum Gasteiger partial charge on any atom is 0.153 e. The summed E-state index contributed by atoms with van der Waals surface area (Å²) in [6.07, 6.45) is 8.01. The SMILES string of the molecule is CCC12C(=O)C34C5C[C@H](Cc6ccc(Cl)cc6)N(C)C3[C@@H](COC)NC4[C@H](C)N(Cc3ccc(Cl)cc3Oc3ccc(-c4cnc(CN6CCCC6)n4C)cc3)C1C[C@@H](Cc1ccccc1F)C2N(C)[C@@H](C)CN5. The number of Topliss-reactive ketones (excluding diaryl/α,β-unsaturated/α-hetero) is 1. The monoisotopic (exact) mass is 1040 g/mol. The molecule has 394 valence electrons. The molecular formula is C60H75Cl2FN8O3. The van der Waals surface area contributed by atoms with Gasteiger partial charge in [-0.2, -0.15) is 0 Å². The lowest BCUT2D eigenvalue weighted by Crippen LogP contribution is -2.73. The fraction of sp³-hybridized carbons (Fsp3) is 0.533. The van der Waals surface area contributed by atoms with Crippen molar-refractivity contribution >= 4 is 29.0 Å². The standard InChI is InChI=1S/C60H75Cl2FN8O3/c1-8-59-53-29-43(28-41-13-9-10-14-48(41)63)56(59)67(4)37(2)32-64-52-31-46(27-39-15-20-44(61)21-16-39)68(5)57-49(36-73-7)66-55(60(52,57)58(59)72)38(3)71(53)34-42-17-22-45(62)30-51(42)74-47-23-18-40(19-24-47)50-33-65-54(69(50)6)35-70-25-11-12-26-70/h9-10,13-24,30,33,37-38,43,46,49,52-53,55-57,64,66H,8,11-12,25-29,31-32,34-36H2,1-7H3/t37-,38-,43+,46-,49+,52?,53?,55?,56?,57?,59?,60?/m0/s1. The summed E-state index contributed by atoms with van der Waals surface area (Å²) in [6, 6.07) is 28.8. The van der Waals surface area contributed by atoms with Gasteiger partial charge in [-0.25, -0.2) is 9.37 Å². The molecule has 74 heavy (non-hydrogen) atoms. The van der Waals surface area contributed by atoms with Gasteiger partial charge >= 0.3 is 0 Å². The summed E-state index contributed by atoms with van der Waals surface area (Å²) in [5.41, 5.74) is 3.36. The largest absolute Gasteiger partial charge is 0.457 e. The number of carbonyl (C=O) groups excluding carboxylic acids is 1. The van der Waals surface area contributed by atoms with Gasteiger partial charge in [-0.15, -0.1) is 0 Å². The molecule has 5 saturated heterocycles. The van der Waals surface area contributed by atoms with Gasteiger partial charge in [0.25, 0.3) is 0 Å². The van der Waals surface area contributed by atoms with Crippen molar-refractivity contribution in [2.45, 2.75) is 133 Å². The maximum absolute atomic E-state index is 17.5. The molecule has 1 saturated carbocycles. The molecule has 2 bridgehead atoms. The zero-order valence-electron chi connectivity index (χ0n) is 44.2. The van der Waals surface area contributed by atoms with Crippen LogP contribution in [0.25, 0.3) is 11.3 Å². The lowest BCUT2D eigenvalue weighted by atomic mass is 9.54. The summed E-state index contributed by atoms with van der Waals surface area (Å²) in [5.74, 6) is 2.59. The zero-order valence-corrected chi connectivity index (χ0v) is 45.8. The molecule has 11 nitrogen and oxygen atoms in total. The molecule has 14 heteroatoms. The van der Waals surface area contributed by atoms with Crippen LogP contribution >= 0.6 is 23.2 Å². The fourth-order valence-electron chi connectivity index (χ4n) is 15.6. The number of nitrogens with one attached hydrogen (secondary N) is 2. The lowest BCUT2D eigenvalue weighted by Gasteiger charge is -2.57. The summed E-state index contributed by atoms with van der Waals surface area (Å²) in [4.78, 5) is 32.5. The van der Waals surface area contributed by atoms with E-state index >= 15 is 9.18 Å². The van der Waals surface area contributed by atoms with Gasteiger partial charge in [0, 0.05) is 103 Å². The molecule has 7 unspecified atom stereocenters. The lowest BCUT2D eigenvalue weighted by molar-refractivity contribution is -0.154. The topological polar surface area (TPSA) is 90.4 Å². The van der Waals surface area contributed by atoms with Gasteiger partial charge in [0.05, 0.1) is 35.9 Å². The first-order valence-electron chi connectivity index (χ1n) is 27.3. The number of nitrogens with zero attached hydrogens (tertiary/aromatic N) is 6. The number of halogens is 3. The van der Waals surface area contributed by atoms with Gasteiger partial charge in [0.1, 0.15) is 23.1 Å². The Kier molecular flexibility index (Phi) is 14.7. The van der Waals surface area contributed by atoms with E-state index in [1.807, 2.05) is 54.7 Å². The highest BCUT2D eigenvalue weighted by Gasteiger charge is 2.77. The number of hydrogen-bond acceptors (Lipinski definition) is 10. The first-order chi connectivity index (χ1) is 35.8. The Labute approximate surface area is 448 Å². The minimum Gasteiger partial charge on any atom is -0.457 e. The van der Waals surface area contributed by atoms with Crippen LogP contribution in [0.15, 0.2) is 97.2 Å². The number of aromatic nitrogens is 2. The summed E-state index contributed by atoms with van der Waals surface area (Å²) < 4.78 is 31.2. The summed E-state index contributed by atoms with van der Waals surface area (Å²) in [6.45, 7) is 11.7. The van der Waals surface area contributed by atoms with Crippen molar-refractivity contribution < 1.29 is 18.7 Å². The highest BCUT2D eigenvalue weighted by atomic mass is 35.5. The van der Waals surface area contributed by atoms with Gasteiger partial charge < -0.3 is 24.7 Å². The predicted octanol–water partition coefficient (Wildman–Crippen LogP) is 9.67. The average molecular weight is 1050 g/mol. The van der Waals surface area contributed by atoms with Gasteiger partial charge in [-0.1, -0.05) is 66.5 Å². The van der Waals surface area contributed by atoms with Gasteiger partial charge in [-0.3, -0.25) is 24.4 Å². The Balaban J connectivity index is 1.01. The second kappa shape index (κ2) is 21.0. The Hall–Kier alpha value is -4.21. The van der Waals surface area contributed by atoms with Gasteiger partial charge in [-0.05, 0) is 158 Å². The van der Waals surface area contributed by atoms with Crippen LogP contribution in [-0.2, 0) is 42.5 Å². The van der Waals surface area contributed by atoms with Crippen molar-refractivity contribution in [3.63, 3.8) is 0 Å². The van der Waals surface area contributed by atoms with Crippen molar-refractivity contribution in [2.75, 3.05) is 47.4 Å². The van der Waals surface area contributed by atoms with Crippen LogP contribution in [0.2, 0.25) is 10.0 Å². The summed E-state index contributed by atoms with van der Waals surface area (Å²) in [5, 5.41) is 9.70. The van der Waals surface area contributed by atoms with E-state index in [1.165, 1.54) is 18.4 Å². The van der Waals surface area contributed by atoms with E-state index in [0.717, 1.165) is 73.1 Å². The molecule has 2 N–H and O–H groups in total. The van der Waals surface area contributed by atoms with Crippen LogP contribution in [0.5, 0.6) is 11.5 Å². The molecule has 6 aliphatic rings. The van der Waals surface area contributed by atoms with Crippen molar-refractivity contribution in [2.24, 2.45) is 23.8 Å². The molecule has 6 fully saturated rings. The number of benzene rings is 4. The maximum atomic E-state index is 17.5. The first-order valence-corrected chi connectivity index (χ1v) is 28.0. The highest BCUT2D eigenvalue weighted by Crippen LogP contribution is 2.63. The van der Waals surface area contributed by atoms with Crippen molar-refractivity contribution in [1.82, 2.24) is 39.8 Å². The third kappa shape index (κ3) is 8.86. The fourth-order valence-corrected chi connectivity index (χ4v) is 15.9. The van der Waals surface area contributed by atoms with Crippen LogP contribution in [-0.4, -0.2) is 137 Å². The number of methoxy groups -OCH3 is 1. The quantitative estimate of drug-likeness (QED) is 0.112. The molecule has 1 aromatic heterocycles. The van der Waals surface area contributed by atoms with E-state index in [-0.39, 0.29) is 66.1 Å². The average Bonchev–Trinajstić information content (AvgIpc) is 4.25. The van der Waals surface area contributed by atoms with Crippen LogP contribution < -0.4 is 15.4 Å². The number of hydrogen-bond donors (Lipinski definition) is 2. The number of ether oxygens (including phenoxy) is 2. The molecule has 11 rings (SSSR count). The van der Waals surface area contributed by atoms with Crippen LogP contribution in [0.1, 0.15) is 75.4 Å². The van der Waals surface area contributed by atoms with Crippen LogP contribution in [0.3, 0.4) is 0 Å². The number of ketones is 1. The van der Waals surface area contributed by atoms with Crippen LogP contribution in [0.4, 0.5) is 4.39 Å². The third-order valence-electron chi connectivity index (χ3n) is 19.2. The molecule has 0 amide bonds. The van der Waals surface area contributed by atoms with Crippen molar-refractivity contribution in [1.29, 1.82) is 0 Å². The summed E-state index contributed by atoms with van der Waals surface area (Å²) >= 11 is 13.3. The second-order valence-electron chi connectivity index (χ2n) is 22.8. The van der Waals surface area contributed by atoms with E-state index in [0.29, 0.717) is 53.9 Å². The Morgan fingerprint density at radius 3 is 2.32 bits per heavy atom. The van der Waals surface area contributed by atoms with Gasteiger partial charge in [0.2, 0.25) is 0 Å². The predicted molar refractivity (Wildman–Crippen MR) is 292 cm³/mol. The third-order valence-corrected chi connectivity index (χ3v) is 19.6. The molecule has 0 radical (unpaired) electrons. The molecular weight excluding hydrogens is 971 g/mol. The first kappa shape index (κ1) is 51.9. The number of likely N-dealkylation sites (N-methyl/N-ethyl adjacent to an activating group) is 2. The Morgan fingerprint density at radius 1 is 0.851 bits per heavy atom. The highest BCUT2D eigenvalue weighted by molar-refractivity contribution is 6.31. The number of likely N-dealkylation sites (tertiary alicyclic amines) is 3. The normalized spacial score (nSPS) is 32.5. The zero-order chi connectivity index (χ0) is 51.6. The number of piperidine rings is 1. The van der Waals surface area contributed by atoms with E-state index in [9.17, 15) is 0 Å². The minimum absolute atomic E-state index is 0.0100. The smallest absolute Gasteiger partial charge is 0.153 e. The van der Waals surface area contributed by atoms with E-state index in [1.54, 1.807) is 19.2 Å². The number of carbonyl (C=O) groups is 1. The Morgan fingerprint density at radius 2 is 1.59 bits per heavy atom. The van der Waals surface area contributed by atoms with Gasteiger partial charge in [0.15, 0.2) is 5.78 Å². The van der Waals surface area contributed by atoms with Crippen molar-refractivity contribution in [3.8, 4) is 22.8 Å². The molecule has 4 aromatic carbocycles. The molecule has 5 aliphatic heterocycles. The van der Waals surface area contributed by atoms with E-state index in [2.05, 4.69) is 107 Å². The molecule has 6 heterocycles. The van der Waals surface area contributed by atoms with E-state index < -0.39 is 10.8 Å². The Bertz CT molecular complexity index is 2810. The van der Waals surface area contributed by atoms with Crippen LogP contribution in [0, 0.1) is 22.6 Å². The second-order valence-corrected chi connectivity index (χ2v) is 23.7. The molecule has 12 atom stereocenters. The molecule has 5 aromatic rings. The summed E-state index contributed by atoms with van der Waals surface area (Å²) in [7, 11) is 8.36. The number of imidazole rings is 1. The van der Waals surface area contributed by atoms with Crippen molar-refractivity contribution in [3.05, 3.63) is 136 Å². The number of rotatable bonds is 14. The minimum atomic E-state index is -0.850.